The predicted molar refractivity (Wildman–Crippen MR) is 135 cm³/mol. The van der Waals surface area contributed by atoms with Gasteiger partial charge in [0.15, 0.2) is 17.3 Å². The van der Waals surface area contributed by atoms with Crippen LogP contribution >= 0.6 is 0 Å². The maximum absolute atomic E-state index is 13.4. The van der Waals surface area contributed by atoms with E-state index in [-0.39, 0.29) is 5.78 Å². The number of ether oxygens (including phenoxy) is 2. The third-order valence-electron chi connectivity index (χ3n) is 6.38. The molecule has 4 amide bonds. The number of carbonyl (C=O) groups excluding carboxylic acids is 4. The molecule has 0 aromatic heterocycles. The Morgan fingerprint density at radius 3 is 2.43 bits per heavy atom. The highest BCUT2D eigenvalue weighted by atomic mass is 16.5. The van der Waals surface area contributed by atoms with Gasteiger partial charge in [0.25, 0.3) is 5.91 Å². The van der Waals surface area contributed by atoms with E-state index >= 15 is 0 Å². The van der Waals surface area contributed by atoms with Gasteiger partial charge in [-0.2, -0.15) is 0 Å². The van der Waals surface area contributed by atoms with Gasteiger partial charge in [-0.05, 0) is 36.8 Å². The Kier molecular flexibility index (Phi) is 6.35. The Balaban J connectivity index is 1.32. The maximum atomic E-state index is 13.4. The van der Waals surface area contributed by atoms with Crippen molar-refractivity contribution in [1.82, 2.24) is 10.2 Å². The predicted octanol–water partition coefficient (Wildman–Crippen LogP) is 3.48. The van der Waals surface area contributed by atoms with Crippen LogP contribution in [0, 0.1) is 0 Å². The van der Waals surface area contributed by atoms with Gasteiger partial charge in [0.05, 0.1) is 18.9 Å². The van der Waals surface area contributed by atoms with Gasteiger partial charge in [-0.25, -0.2) is 4.79 Å². The first-order valence-corrected chi connectivity index (χ1v) is 11.9. The lowest BCUT2D eigenvalue weighted by atomic mass is 9.91. The highest BCUT2D eigenvalue weighted by molar-refractivity contribution is 6.15. The van der Waals surface area contributed by atoms with E-state index in [0.717, 1.165) is 11.3 Å². The number of benzene rings is 3. The molecule has 9 nitrogen and oxygen atoms in total. The second-order valence-corrected chi connectivity index (χ2v) is 8.95. The van der Waals surface area contributed by atoms with Crippen LogP contribution in [0.3, 0.4) is 0 Å². The van der Waals surface area contributed by atoms with E-state index in [1.165, 1.54) is 0 Å². The molecule has 2 N–H and O–H groups in total. The molecule has 5 rings (SSSR count). The lowest BCUT2D eigenvalue weighted by Gasteiger charge is -2.23. The molecule has 0 spiro atoms. The number of rotatable bonds is 6. The van der Waals surface area contributed by atoms with Crippen molar-refractivity contribution >= 4 is 29.3 Å². The smallest absolute Gasteiger partial charge is 0.325 e. The van der Waals surface area contributed by atoms with Crippen LogP contribution < -0.4 is 20.1 Å². The number of fused-ring (bicyclic) bond motifs is 1. The Hall–Kier alpha value is -4.66. The van der Waals surface area contributed by atoms with Crippen LogP contribution in [-0.2, 0) is 15.1 Å². The number of urea groups is 1. The third-order valence-corrected chi connectivity index (χ3v) is 6.38. The number of amides is 4. The molecular formula is C28H25N3O6. The van der Waals surface area contributed by atoms with Crippen LogP contribution in [0.2, 0.25) is 0 Å². The van der Waals surface area contributed by atoms with Crippen LogP contribution in [0.25, 0.3) is 0 Å². The summed E-state index contributed by atoms with van der Waals surface area (Å²) in [6.07, 6.45) is 0.736. The van der Waals surface area contributed by atoms with E-state index in [1.807, 2.05) is 6.07 Å². The highest BCUT2D eigenvalue weighted by Gasteiger charge is 2.49. The van der Waals surface area contributed by atoms with Crippen LogP contribution in [0.15, 0.2) is 72.8 Å². The Morgan fingerprint density at radius 2 is 1.65 bits per heavy atom. The lowest BCUT2D eigenvalue weighted by Crippen LogP contribution is -2.42. The van der Waals surface area contributed by atoms with E-state index in [2.05, 4.69) is 10.6 Å². The second-order valence-electron chi connectivity index (χ2n) is 8.95. The fraction of sp³-hybridized carbons (Fsp3) is 0.214. The molecule has 2 aliphatic heterocycles. The van der Waals surface area contributed by atoms with Crippen molar-refractivity contribution in [2.75, 3.05) is 25.1 Å². The molecule has 1 atom stereocenters. The fourth-order valence-electron chi connectivity index (χ4n) is 4.38. The van der Waals surface area contributed by atoms with Crippen molar-refractivity contribution in [2.24, 2.45) is 0 Å². The van der Waals surface area contributed by atoms with E-state index in [4.69, 9.17) is 9.47 Å². The van der Waals surface area contributed by atoms with Gasteiger partial charge in [-0.15, -0.1) is 0 Å². The fourth-order valence-corrected chi connectivity index (χ4v) is 4.38. The SMILES string of the molecule is C[C@]1(c2ccc3c(c2)OCCCO3)NC(=O)N(CC(=O)Nc2ccccc2C(=O)c2ccccc2)C1=O. The molecule has 188 valence electrons. The minimum absolute atomic E-state index is 0.256. The first-order valence-electron chi connectivity index (χ1n) is 11.9. The first-order chi connectivity index (χ1) is 17.9. The number of hydrogen-bond acceptors (Lipinski definition) is 6. The zero-order valence-electron chi connectivity index (χ0n) is 20.2. The minimum Gasteiger partial charge on any atom is -0.490 e. The number of nitrogens with one attached hydrogen (secondary N) is 2. The largest absolute Gasteiger partial charge is 0.490 e. The first kappa shape index (κ1) is 24.1. The van der Waals surface area contributed by atoms with Gasteiger partial charge < -0.3 is 20.1 Å². The summed E-state index contributed by atoms with van der Waals surface area (Å²) in [5, 5.41) is 5.37. The van der Waals surface area contributed by atoms with Gasteiger partial charge in [0, 0.05) is 17.5 Å². The van der Waals surface area contributed by atoms with Gasteiger partial charge in [-0.3, -0.25) is 19.3 Å². The summed E-state index contributed by atoms with van der Waals surface area (Å²) in [5.74, 6) is -0.375. The zero-order valence-corrected chi connectivity index (χ0v) is 20.2. The van der Waals surface area contributed by atoms with E-state index in [1.54, 1.807) is 73.7 Å². The van der Waals surface area contributed by atoms with Crippen molar-refractivity contribution in [3.63, 3.8) is 0 Å². The van der Waals surface area contributed by atoms with Gasteiger partial charge >= 0.3 is 6.03 Å². The summed E-state index contributed by atoms with van der Waals surface area (Å²) < 4.78 is 11.4. The molecule has 37 heavy (non-hydrogen) atoms. The summed E-state index contributed by atoms with van der Waals surface area (Å²) in [6.45, 7) is 2.08. The summed E-state index contributed by atoms with van der Waals surface area (Å²) >= 11 is 0. The topological polar surface area (TPSA) is 114 Å². The van der Waals surface area contributed by atoms with Crippen molar-refractivity contribution in [2.45, 2.75) is 18.9 Å². The molecule has 2 heterocycles. The van der Waals surface area contributed by atoms with Crippen LogP contribution in [0.1, 0.15) is 34.8 Å². The molecule has 2 aliphatic rings. The average molecular weight is 500 g/mol. The van der Waals surface area contributed by atoms with Crippen LogP contribution in [0.4, 0.5) is 10.5 Å². The van der Waals surface area contributed by atoms with Crippen LogP contribution in [-0.4, -0.2) is 48.3 Å². The molecule has 1 saturated heterocycles. The van der Waals surface area contributed by atoms with Crippen molar-refractivity contribution in [3.8, 4) is 11.5 Å². The molecular weight excluding hydrogens is 474 g/mol. The van der Waals surface area contributed by atoms with Crippen molar-refractivity contribution in [1.29, 1.82) is 0 Å². The Bertz CT molecular complexity index is 1390. The maximum Gasteiger partial charge on any atom is 0.325 e. The number of nitrogens with zero attached hydrogens (tertiary/aromatic N) is 1. The molecule has 3 aromatic rings. The summed E-state index contributed by atoms with van der Waals surface area (Å²) in [6, 6.07) is 19.7. The van der Waals surface area contributed by atoms with E-state index in [9.17, 15) is 19.2 Å². The van der Waals surface area contributed by atoms with Crippen molar-refractivity contribution in [3.05, 3.63) is 89.5 Å². The monoisotopic (exact) mass is 499 g/mol. The molecule has 9 heteroatoms. The van der Waals surface area contributed by atoms with Gasteiger partial charge in [-0.1, -0.05) is 48.5 Å². The second kappa shape index (κ2) is 9.77. The standard InChI is InChI=1S/C28H25N3O6/c1-28(19-12-13-22-23(16-19)37-15-7-14-36-22)26(34)31(27(35)30-28)17-24(32)29-21-11-6-5-10-20(21)25(33)18-8-3-2-4-9-18/h2-6,8-13,16H,7,14-15,17H2,1H3,(H,29,32)(H,30,35)/t28-/m1/s1. The molecule has 3 aromatic carbocycles. The Morgan fingerprint density at radius 1 is 0.946 bits per heavy atom. The molecule has 0 bridgehead atoms. The molecule has 0 unspecified atom stereocenters. The number of carbonyl (C=O) groups is 4. The van der Waals surface area contributed by atoms with Gasteiger partial charge in [0.1, 0.15) is 12.1 Å². The number of hydrogen-bond donors (Lipinski definition) is 2. The number of anilines is 1. The van der Waals surface area contributed by atoms with E-state index < -0.39 is 29.9 Å². The lowest BCUT2D eigenvalue weighted by molar-refractivity contribution is -0.133. The van der Waals surface area contributed by atoms with Crippen LogP contribution in [0.5, 0.6) is 11.5 Å². The number of para-hydroxylation sites is 1. The molecule has 0 radical (unpaired) electrons. The molecule has 1 fully saturated rings. The number of imide groups is 1. The Labute approximate surface area is 213 Å². The zero-order chi connectivity index (χ0) is 26.0. The third kappa shape index (κ3) is 4.63. The number of ketones is 1. The normalized spacial score (nSPS) is 18.7. The summed E-state index contributed by atoms with van der Waals surface area (Å²) in [4.78, 5) is 52.9. The average Bonchev–Trinajstić information content (AvgIpc) is 3.06. The molecule has 0 aliphatic carbocycles. The highest BCUT2D eigenvalue weighted by Crippen LogP contribution is 2.36. The summed E-state index contributed by atoms with van der Waals surface area (Å²) in [5.41, 5.74) is 0.194. The quantitative estimate of drug-likeness (QED) is 0.397. The van der Waals surface area contributed by atoms with E-state index in [0.29, 0.717) is 47.1 Å². The van der Waals surface area contributed by atoms with Gasteiger partial charge in [0.2, 0.25) is 5.91 Å². The minimum atomic E-state index is -1.39. The summed E-state index contributed by atoms with van der Waals surface area (Å²) in [7, 11) is 0. The van der Waals surface area contributed by atoms with Crippen molar-refractivity contribution < 1.29 is 28.7 Å². The molecule has 0 saturated carbocycles.